The molecule has 1 heterocycles. The maximum Gasteiger partial charge on any atom is 0.236 e. The molecule has 110 valence electrons. The Morgan fingerprint density at radius 3 is 2.70 bits per heavy atom. The normalized spacial score (nSPS) is 13.2. The first kappa shape index (κ1) is 16.3. The van der Waals surface area contributed by atoms with Crippen LogP contribution in [0.3, 0.4) is 0 Å². The quantitative estimate of drug-likeness (QED) is 0.664. The number of carbonyl (C=O) groups excluding carboxylic acids is 2. The second-order valence-corrected chi connectivity index (χ2v) is 4.96. The van der Waals surface area contributed by atoms with Crippen LogP contribution in [-0.2, 0) is 16.0 Å². The molecule has 0 atom stereocenters. The highest BCUT2D eigenvalue weighted by molar-refractivity contribution is 6.05. The summed E-state index contributed by atoms with van der Waals surface area (Å²) < 4.78 is 0. The number of benzene rings is 1. The lowest BCUT2D eigenvalue weighted by Crippen LogP contribution is -2.38. The number of anilines is 2. The first-order chi connectivity index (χ1) is 9.00. The molecule has 0 unspecified atom stereocenters. The summed E-state index contributed by atoms with van der Waals surface area (Å²) in [5, 5.41) is 0. The number of carbonyl (C=O) groups is 2. The third kappa shape index (κ3) is 3.22. The summed E-state index contributed by atoms with van der Waals surface area (Å²) in [6.45, 7) is 0.649. The van der Waals surface area contributed by atoms with Gasteiger partial charge in [0.2, 0.25) is 11.8 Å². The summed E-state index contributed by atoms with van der Waals surface area (Å²) >= 11 is 0. The van der Waals surface area contributed by atoms with Crippen LogP contribution >= 0.6 is 12.4 Å². The van der Waals surface area contributed by atoms with Crippen molar-refractivity contribution in [3.8, 4) is 0 Å². The molecule has 20 heavy (non-hydrogen) atoms. The molecule has 1 aromatic carbocycles. The van der Waals surface area contributed by atoms with Crippen molar-refractivity contribution in [3.63, 3.8) is 0 Å². The van der Waals surface area contributed by atoms with E-state index in [-0.39, 0.29) is 30.6 Å². The first-order valence-corrected chi connectivity index (χ1v) is 6.38. The SMILES string of the molecule is CN(C)C(=O)CC(=O)N1CCCc2c(N)cccc21.Cl. The van der Waals surface area contributed by atoms with Crippen LogP contribution in [0, 0.1) is 0 Å². The van der Waals surface area contributed by atoms with Crippen molar-refractivity contribution in [2.45, 2.75) is 19.3 Å². The minimum Gasteiger partial charge on any atom is -0.398 e. The van der Waals surface area contributed by atoms with E-state index >= 15 is 0 Å². The summed E-state index contributed by atoms with van der Waals surface area (Å²) in [5.41, 5.74) is 8.52. The Hall–Kier alpha value is -1.75. The molecule has 0 aliphatic carbocycles. The third-order valence-electron chi connectivity index (χ3n) is 3.39. The summed E-state index contributed by atoms with van der Waals surface area (Å²) in [4.78, 5) is 27.0. The van der Waals surface area contributed by atoms with Gasteiger partial charge in [-0.2, -0.15) is 0 Å². The highest BCUT2D eigenvalue weighted by Crippen LogP contribution is 2.31. The van der Waals surface area contributed by atoms with Crippen LogP contribution in [0.2, 0.25) is 0 Å². The average molecular weight is 298 g/mol. The van der Waals surface area contributed by atoms with Gasteiger partial charge in [-0.25, -0.2) is 0 Å². The minimum atomic E-state index is -0.180. The topological polar surface area (TPSA) is 66.6 Å². The fourth-order valence-electron chi connectivity index (χ4n) is 2.29. The number of nitrogen functional groups attached to an aromatic ring is 1. The Labute approximate surface area is 125 Å². The van der Waals surface area contributed by atoms with Crippen LogP contribution in [0.1, 0.15) is 18.4 Å². The van der Waals surface area contributed by atoms with Gasteiger partial charge >= 0.3 is 0 Å². The van der Waals surface area contributed by atoms with Gasteiger partial charge in [-0.3, -0.25) is 9.59 Å². The van der Waals surface area contributed by atoms with E-state index in [4.69, 9.17) is 5.73 Å². The van der Waals surface area contributed by atoms with E-state index in [0.717, 1.165) is 24.1 Å². The van der Waals surface area contributed by atoms with Crippen LogP contribution in [-0.4, -0.2) is 37.4 Å². The number of rotatable bonds is 2. The lowest BCUT2D eigenvalue weighted by molar-refractivity contribution is -0.133. The predicted octanol–water partition coefficient (Wildman–Crippen LogP) is 1.45. The van der Waals surface area contributed by atoms with E-state index in [1.807, 2.05) is 18.2 Å². The van der Waals surface area contributed by atoms with Crippen molar-refractivity contribution in [2.24, 2.45) is 0 Å². The average Bonchev–Trinajstić information content (AvgIpc) is 2.38. The fraction of sp³-hybridized carbons (Fsp3) is 0.429. The zero-order valence-electron chi connectivity index (χ0n) is 11.8. The molecule has 1 aliphatic rings. The summed E-state index contributed by atoms with van der Waals surface area (Å²) in [6.07, 6.45) is 1.66. The van der Waals surface area contributed by atoms with Crippen LogP contribution < -0.4 is 10.6 Å². The van der Waals surface area contributed by atoms with Gasteiger partial charge in [0.05, 0.1) is 0 Å². The van der Waals surface area contributed by atoms with Gasteiger partial charge in [-0.15, -0.1) is 12.4 Å². The van der Waals surface area contributed by atoms with Gasteiger partial charge in [0.1, 0.15) is 6.42 Å². The van der Waals surface area contributed by atoms with Gasteiger partial charge in [0.25, 0.3) is 0 Å². The zero-order valence-corrected chi connectivity index (χ0v) is 12.6. The van der Waals surface area contributed by atoms with Crippen molar-refractivity contribution in [1.29, 1.82) is 0 Å². The van der Waals surface area contributed by atoms with Crippen molar-refractivity contribution in [2.75, 3.05) is 31.3 Å². The van der Waals surface area contributed by atoms with E-state index in [0.29, 0.717) is 12.2 Å². The Kier molecular flexibility index (Phi) is 5.39. The number of nitrogens with two attached hydrogens (primary N) is 1. The molecule has 2 N–H and O–H groups in total. The molecule has 0 saturated heterocycles. The molecule has 0 spiro atoms. The highest BCUT2D eigenvalue weighted by Gasteiger charge is 2.25. The number of fused-ring (bicyclic) bond motifs is 1. The molecule has 0 bridgehead atoms. The lowest BCUT2D eigenvalue weighted by Gasteiger charge is -2.30. The summed E-state index contributed by atoms with van der Waals surface area (Å²) in [6, 6.07) is 5.58. The van der Waals surface area contributed by atoms with Gasteiger partial charge < -0.3 is 15.5 Å². The molecule has 0 aromatic heterocycles. The zero-order chi connectivity index (χ0) is 14.0. The van der Waals surface area contributed by atoms with E-state index in [1.54, 1.807) is 19.0 Å². The number of halogens is 1. The number of amides is 2. The molecular weight excluding hydrogens is 278 g/mol. The van der Waals surface area contributed by atoms with Crippen molar-refractivity contribution in [1.82, 2.24) is 4.90 Å². The Morgan fingerprint density at radius 1 is 1.35 bits per heavy atom. The number of hydrogen-bond acceptors (Lipinski definition) is 3. The Balaban J connectivity index is 0.00000200. The standard InChI is InChI=1S/C14H19N3O2.ClH/c1-16(2)13(18)9-14(19)17-8-4-5-10-11(15)6-3-7-12(10)17;/h3,6-7H,4-5,8-9,15H2,1-2H3;1H. The molecule has 0 radical (unpaired) electrons. The molecule has 1 aliphatic heterocycles. The maximum atomic E-state index is 12.2. The molecule has 2 rings (SSSR count). The van der Waals surface area contributed by atoms with Crippen molar-refractivity contribution in [3.05, 3.63) is 23.8 Å². The molecule has 2 amide bonds. The van der Waals surface area contributed by atoms with Crippen LogP contribution in [0.15, 0.2) is 18.2 Å². The van der Waals surface area contributed by atoms with Crippen molar-refractivity contribution >= 4 is 35.6 Å². The van der Waals surface area contributed by atoms with Gasteiger partial charge in [0.15, 0.2) is 0 Å². The van der Waals surface area contributed by atoms with Crippen molar-refractivity contribution < 1.29 is 9.59 Å². The second kappa shape index (κ2) is 6.61. The van der Waals surface area contributed by atoms with Gasteiger partial charge in [-0.05, 0) is 30.5 Å². The molecule has 5 nitrogen and oxygen atoms in total. The number of nitrogens with zero attached hydrogens (tertiary/aromatic N) is 2. The summed E-state index contributed by atoms with van der Waals surface area (Å²) in [5.74, 6) is -0.341. The second-order valence-electron chi connectivity index (χ2n) is 4.96. The van der Waals surface area contributed by atoms with Crippen LogP contribution in [0.5, 0.6) is 0 Å². The molecule has 0 fully saturated rings. The Bertz CT molecular complexity index is 517. The predicted molar refractivity (Wildman–Crippen MR) is 82.1 cm³/mol. The molecular formula is C14H20ClN3O2. The first-order valence-electron chi connectivity index (χ1n) is 6.38. The van der Waals surface area contributed by atoms with E-state index in [9.17, 15) is 9.59 Å². The van der Waals surface area contributed by atoms with E-state index < -0.39 is 0 Å². The third-order valence-corrected chi connectivity index (χ3v) is 3.39. The Morgan fingerprint density at radius 2 is 2.05 bits per heavy atom. The largest absolute Gasteiger partial charge is 0.398 e. The lowest BCUT2D eigenvalue weighted by atomic mass is 9.99. The van der Waals surface area contributed by atoms with Gasteiger partial charge in [0, 0.05) is 32.0 Å². The van der Waals surface area contributed by atoms with E-state index in [2.05, 4.69) is 0 Å². The molecule has 0 saturated carbocycles. The summed E-state index contributed by atoms with van der Waals surface area (Å²) in [7, 11) is 3.30. The molecule has 6 heteroatoms. The molecule has 1 aromatic rings. The maximum absolute atomic E-state index is 12.2. The van der Waals surface area contributed by atoms with Crippen LogP contribution in [0.4, 0.5) is 11.4 Å². The fourth-order valence-corrected chi connectivity index (χ4v) is 2.29. The number of hydrogen-bond donors (Lipinski definition) is 1. The van der Waals surface area contributed by atoms with Crippen LogP contribution in [0.25, 0.3) is 0 Å². The van der Waals surface area contributed by atoms with E-state index in [1.165, 1.54) is 4.90 Å². The smallest absolute Gasteiger partial charge is 0.236 e. The van der Waals surface area contributed by atoms with Gasteiger partial charge in [-0.1, -0.05) is 6.07 Å². The minimum absolute atomic E-state index is 0. The highest BCUT2D eigenvalue weighted by atomic mass is 35.5. The monoisotopic (exact) mass is 297 g/mol.